The van der Waals surface area contributed by atoms with E-state index in [1.54, 1.807) is 11.3 Å². The summed E-state index contributed by atoms with van der Waals surface area (Å²) >= 11 is 1.74. The van der Waals surface area contributed by atoms with Crippen molar-refractivity contribution in [2.75, 3.05) is 31.1 Å². The molecule has 2 amide bonds. The number of rotatable bonds is 6. The first-order valence-electron chi connectivity index (χ1n) is 10.4. The van der Waals surface area contributed by atoms with Crippen LogP contribution in [0.5, 0.6) is 0 Å². The molecule has 1 aliphatic carbocycles. The van der Waals surface area contributed by atoms with Crippen LogP contribution in [-0.4, -0.2) is 53.9 Å². The summed E-state index contributed by atoms with van der Waals surface area (Å²) in [4.78, 5) is 34.8. The van der Waals surface area contributed by atoms with Gasteiger partial charge >= 0.3 is 0 Å². The van der Waals surface area contributed by atoms with Gasteiger partial charge in [0.25, 0.3) is 0 Å². The monoisotopic (exact) mass is 392 g/mol. The number of amides is 2. The summed E-state index contributed by atoms with van der Waals surface area (Å²) in [6.07, 6.45) is 5.14. The first kappa shape index (κ1) is 20.1. The number of nitrogens with zero attached hydrogens (tertiary/aromatic N) is 3. The third-order valence-corrected chi connectivity index (χ3v) is 7.02. The summed E-state index contributed by atoms with van der Waals surface area (Å²) < 4.78 is 0. The molecule has 0 unspecified atom stereocenters. The van der Waals surface area contributed by atoms with Crippen LogP contribution in [0.3, 0.4) is 0 Å². The number of aryl methyl sites for hydroxylation is 1. The average Bonchev–Trinajstić information content (AvgIpc) is 3.14. The van der Waals surface area contributed by atoms with Gasteiger partial charge in [-0.05, 0) is 32.1 Å². The highest BCUT2D eigenvalue weighted by Gasteiger charge is 2.30. The van der Waals surface area contributed by atoms with Gasteiger partial charge in [-0.3, -0.25) is 9.59 Å². The highest BCUT2D eigenvalue weighted by Crippen LogP contribution is 2.34. The molecule has 0 saturated carbocycles. The second kappa shape index (κ2) is 9.04. The molecule has 7 heteroatoms. The minimum atomic E-state index is 0.0745. The highest BCUT2D eigenvalue weighted by atomic mass is 32.1. The van der Waals surface area contributed by atoms with Gasteiger partial charge in [-0.15, -0.1) is 11.3 Å². The Morgan fingerprint density at radius 2 is 1.89 bits per heavy atom. The minimum Gasteiger partial charge on any atom is -0.353 e. The maximum Gasteiger partial charge on any atom is 0.223 e. The number of fused-ring (bicyclic) bond motifs is 1. The van der Waals surface area contributed by atoms with Gasteiger partial charge in [-0.2, -0.15) is 0 Å². The number of aromatic nitrogens is 1. The maximum atomic E-state index is 12.6. The smallest absolute Gasteiger partial charge is 0.223 e. The van der Waals surface area contributed by atoms with Gasteiger partial charge in [0.1, 0.15) is 0 Å². The summed E-state index contributed by atoms with van der Waals surface area (Å²) in [5, 5.41) is 4.27. The Morgan fingerprint density at radius 3 is 2.52 bits per heavy atom. The van der Waals surface area contributed by atoms with E-state index in [1.807, 2.05) is 11.8 Å². The standard InChI is InChI=1S/C20H32N4O2S/c1-4-15(5-2)21-19(26)14-7-8-16-17(13-14)27-20(22-16)24-11-9-23(10-12-24)18(25)6-3/h14-15H,4-13H2,1-3H3,(H,21,26)/t14-/m0/s1. The Kier molecular flexibility index (Phi) is 6.73. The molecular weight excluding hydrogens is 360 g/mol. The van der Waals surface area contributed by atoms with Gasteiger partial charge in [-0.25, -0.2) is 4.98 Å². The third kappa shape index (κ3) is 4.62. The zero-order chi connectivity index (χ0) is 19.4. The fourth-order valence-corrected chi connectivity index (χ4v) is 5.14. The number of carbonyl (C=O) groups is 2. The Morgan fingerprint density at radius 1 is 1.19 bits per heavy atom. The Hall–Kier alpha value is -1.63. The van der Waals surface area contributed by atoms with E-state index < -0.39 is 0 Å². The fraction of sp³-hybridized carbons (Fsp3) is 0.750. The minimum absolute atomic E-state index is 0.0745. The predicted molar refractivity (Wildman–Crippen MR) is 109 cm³/mol. The van der Waals surface area contributed by atoms with E-state index in [0.717, 1.165) is 63.4 Å². The first-order valence-corrected chi connectivity index (χ1v) is 11.2. The van der Waals surface area contributed by atoms with Crippen molar-refractivity contribution in [3.8, 4) is 0 Å². The molecule has 1 aliphatic heterocycles. The number of carbonyl (C=O) groups excluding carboxylic acids is 2. The quantitative estimate of drug-likeness (QED) is 0.808. The molecule has 0 spiro atoms. The summed E-state index contributed by atoms with van der Waals surface area (Å²) in [6, 6.07) is 0.290. The number of piperazine rings is 1. The molecule has 0 radical (unpaired) electrons. The van der Waals surface area contributed by atoms with Crippen molar-refractivity contribution >= 4 is 28.3 Å². The van der Waals surface area contributed by atoms with Crippen LogP contribution in [0.4, 0.5) is 5.13 Å². The first-order chi connectivity index (χ1) is 13.0. The van der Waals surface area contributed by atoms with E-state index in [4.69, 9.17) is 4.98 Å². The SMILES string of the molecule is CCC(=O)N1CCN(c2nc3c(s2)C[C@@H](C(=O)NC(CC)CC)CC3)CC1. The fourth-order valence-electron chi connectivity index (χ4n) is 3.90. The van der Waals surface area contributed by atoms with Crippen molar-refractivity contribution in [3.63, 3.8) is 0 Å². The van der Waals surface area contributed by atoms with Crippen LogP contribution in [0, 0.1) is 5.92 Å². The van der Waals surface area contributed by atoms with Gasteiger partial charge in [-0.1, -0.05) is 20.8 Å². The van der Waals surface area contributed by atoms with Crippen molar-refractivity contribution in [2.45, 2.75) is 65.3 Å². The summed E-state index contributed by atoms with van der Waals surface area (Å²) in [6.45, 7) is 9.40. The molecule has 0 bridgehead atoms. The third-order valence-electron chi connectivity index (χ3n) is 5.84. The summed E-state index contributed by atoms with van der Waals surface area (Å²) in [5.74, 6) is 0.515. The molecule has 27 heavy (non-hydrogen) atoms. The molecule has 1 N–H and O–H groups in total. The zero-order valence-corrected chi connectivity index (χ0v) is 17.6. The van der Waals surface area contributed by atoms with Crippen LogP contribution >= 0.6 is 11.3 Å². The van der Waals surface area contributed by atoms with Crippen LogP contribution in [0.2, 0.25) is 0 Å². The summed E-state index contributed by atoms with van der Waals surface area (Å²) in [5.41, 5.74) is 1.17. The van der Waals surface area contributed by atoms with E-state index in [2.05, 4.69) is 24.1 Å². The van der Waals surface area contributed by atoms with E-state index >= 15 is 0 Å². The summed E-state index contributed by atoms with van der Waals surface area (Å²) in [7, 11) is 0. The number of nitrogens with one attached hydrogen (secondary N) is 1. The molecule has 6 nitrogen and oxygen atoms in total. The van der Waals surface area contributed by atoms with Gasteiger partial charge < -0.3 is 15.1 Å². The van der Waals surface area contributed by atoms with Crippen LogP contribution < -0.4 is 10.2 Å². The van der Waals surface area contributed by atoms with Gasteiger partial charge in [0.05, 0.1) is 5.69 Å². The normalized spacial score (nSPS) is 19.9. The van der Waals surface area contributed by atoms with Crippen molar-refractivity contribution in [1.82, 2.24) is 15.2 Å². The Balaban J connectivity index is 1.59. The van der Waals surface area contributed by atoms with Crippen molar-refractivity contribution in [1.29, 1.82) is 0 Å². The topological polar surface area (TPSA) is 65.5 Å². The molecule has 0 aromatic carbocycles. The van der Waals surface area contributed by atoms with Gasteiger partial charge in [0.2, 0.25) is 11.8 Å². The molecule has 1 saturated heterocycles. The van der Waals surface area contributed by atoms with Crippen LogP contribution in [0.15, 0.2) is 0 Å². The molecular formula is C20H32N4O2S. The lowest BCUT2D eigenvalue weighted by Gasteiger charge is -2.34. The molecule has 3 rings (SSSR count). The van der Waals surface area contributed by atoms with Crippen molar-refractivity contribution < 1.29 is 9.59 Å². The highest BCUT2D eigenvalue weighted by molar-refractivity contribution is 7.15. The van der Waals surface area contributed by atoms with Crippen molar-refractivity contribution in [3.05, 3.63) is 10.6 Å². The number of hydrogen-bond donors (Lipinski definition) is 1. The molecule has 2 heterocycles. The van der Waals surface area contributed by atoms with E-state index in [-0.39, 0.29) is 23.8 Å². The Bertz CT molecular complexity index is 663. The van der Waals surface area contributed by atoms with E-state index in [0.29, 0.717) is 6.42 Å². The van der Waals surface area contributed by atoms with E-state index in [1.165, 1.54) is 10.6 Å². The molecule has 1 fully saturated rings. The number of hydrogen-bond acceptors (Lipinski definition) is 5. The van der Waals surface area contributed by atoms with Crippen molar-refractivity contribution in [2.24, 2.45) is 5.92 Å². The number of thiazole rings is 1. The number of anilines is 1. The van der Waals surface area contributed by atoms with Crippen LogP contribution in [0.25, 0.3) is 0 Å². The lowest BCUT2D eigenvalue weighted by molar-refractivity contribution is -0.131. The van der Waals surface area contributed by atoms with Gasteiger partial charge in [0.15, 0.2) is 5.13 Å². The molecule has 2 aliphatic rings. The molecule has 150 valence electrons. The zero-order valence-electron chi connectivity index (χ0n) is 16.8. The lowest BCUT2D eigenvalue weighted by Crippen LogP contribution is -2.48. The molecule has 1 aromatic rings. The Labute approximate surface area is 166 Å². The largest absolute Gasteiger partial charge is 0.353 e. The average molecular weight is 393 g/mol. The van der Waals surface area contributed by atoms with Gasteiger partial charge in [0, 0.05) is 49.4 Å². The predicted octanol–water partition coefficient (Wildman–Crippen LogP) is 2.61. The maximum absolute atomic E-state index is 12.6. The van der Waals surface area contributed by atoms with E-state index in [9.17, 15) is 9.59 Å². The second-order valence-corrected chi connectivity index (χ2v) is 8.61. The second-order valence-electron chi connectivity index (χ2n) is 7.55. The van der Waals surface area contributed by atoms with Crippen LogP contribution in [-0.2, 0) is 22.4 Å². The molecule has 1 atom stereocenters. The van der Waals surface area contributed by atoms with Crippen LogP contribution in [0.1, 0.15) is 57.0 Å². The molecule has 1 aromatic heterocycles. The lowest BCUT2D eigenvalue weighted by atomic mass is 9.90.